The van der Waals surface area contributed by atoms with Crippen LogP contribution in [0.3, 0.4) is 0 Å². The van der Waals surface area contributed by atoms with Gasteiger partial charge in [0, 0.05) is 6.04 Å². The summed E-state index contributed by atoms with van der Waals surface area (Å²) in [5.74, 6) is 2.21. The molecule has 2 aromatic rings. The second kappa shape index (κ2) is 5.91. The SMILES string of the molecule is Cc1ccc(C(Oc2cccc(CO)c2)C(C)N)o1. The summed E-state index contributed by atoms with van der Waals surface area (Å²) >= 11 is 0. The van der Waals surface area contributed by atoms with Crippen molar-refractivity contribution in [1.29, 1.82) is 0 Å². The van der Waals surface area contributed by atoms with Gasteiger partial charge in [-0.3, -0.25) is 0 Å². The van der Waals surface area contributed by atoms with E-state index in [0.29, 0.717) is 11.5 Å². The van der Waals surface area contributed by atoms with Gasteiger partial charge in [-0.2, -0.15) is 0 Å². The quantitative estimate of drug-likeness (QED) is 0.868. The van der Waals surface area contributed by atoms with Crippen molar-refractivity contribution in [2.45, 2.75) is 32.6 Å². The molecule has 102 valence electrons. The number of aliphatic hydroxyl groups excluding tert-OH is 1. The van der Waals surface area contributed by atoms with E-state index in [0.717, 1.165) is 11.3 Å². The van der Waals surface area contributed by atoms with Crippen LogP contribution in [0.25, 0.3) is 0 Å². The molecule has 0 radical (unpaired) electrons. The van der Waals surface area contributed by atoms with Crippen LogP contribution in [-0.2, 0) is 6.61 Å². The predicted octanol–water partition coefficient (Wildman–Crippen LogP) is 2.55. The van der Waals surface area contributed by atoms with Crippen LogP contribution in [0.2, 0.25) is 0 Å². The molecule has 4 heteroatoms. The Hall–Kier alpha value is -1.78. The summed E-state index contributed by atoms with van der Waals surface area (Å²) in [6.07, 6.45) is -0.345. The van der Waals surface area contributed by atoms with Crippen molar-refractivity contribution < 1.29 is 14.3 Å². The molecule has 2 atom stereocenters. The van der Waals surface area contributed by atoms with E-state index < -0.39 is 0 Å². The third kappa shape index (κ3) is 3.36. The first-order valence-electron chi connectivity index (χ1n) is 6.28. The van der Waals surface area contributed by atoms with Gasteiger partial charge in [-0.1, -0.05) is 12.1 Å². The molecule has 0 aliphatic heterocycles. The van der Waals surface area contributed by atoms with E-state index in [9.17, 15) is 0 Å². The summed E-state index contributed by atoms with van der Waals surface area (Å²) in [4.78, 5) is 0. The first-order valence-corrected chi connectivity index (χ1v) is 6.28. The lowest BCUT2D eigenvalue weighted by Gasteiger charge is -2.20. The predicted molar refractivity (Wildman–Crippen MR) is 72.8 cm³/mol. The number of hydrogen-bond acceptors (Lipinski definition) is 4. The third-order valence-electron chi connectivity index (χ3n) is 2.86. The number of furan rings is 1. The van der Waals surface area contributed by atoms with E-state index in [2.05, 4.69) is 0 Å². The topological polar surface area (TPSA) is 68.6 Å². The van der Waals surface area contributed by atoms with Gasteiger partial charge < -0.3 is 20.0 Å². The van der Waals surface area contributed by atoms with E-state index >= 15 is 0 Å². The Morgan fingerprint density at radius 2 is 2.11 bits per heavy atom. The molecule has 0 spiro atoms. The minimum atomic E-state index is -0.345. The van der Waals surface area contributed by atoms with Crippen LogP contribution in [-0.4, -0.2) is 11.1 Å². The number of nitrogens with two attached hydrogens (primary N) is 1. The van der Waals surface area contributed by atoms with Crippen molar-refractivity contribution in [3.8, 4) is 5.75 Å². The maximum absolute atomic E-state index is 9.13. The number of benzene rings is 1. The van der Waals surface area contributed by atoms with Crippen molar-refractivity contribution in [3.05, 3.63) is 53.5 Å². The van der Waals surface area contributed by atoms with E-state index in [-0.39, 0.29) is 18.8 Å². The van der Waals surface area contributed by atoms with Crippen molar-refractivity contribution in [3.63, 3.8) is 0 Å². The minimum Gasteiger partial charge on any atom is -0.481 e. The molecule has 3 N–H and O–H groups in total. The molecule has 4 nitrogen and oxygen atoms in total. The number of rotatable bonds is 5. The summed E-state index contributed by atoms with van der Waals surface area (Å²) in [7, 11) is 0. The Morgan fingerprint density at radius 3 is 2.68 bits per heavy atom. The fourth-order valence-electron chi connectivity index (χ4n) is 1.89. The lowest BCUT2D eigenvalue weighted by atomic mass is 10.1. The van der Waals surface area contributed by atoms with Crippen molar-refractivity contribution in [2.24, 2.45) is 5.73 Å². The van der Waals surface area contributed by atoms with Crippen molar-refractivity contribution in [1.82, 2.24) is 0 Å². The summed E-state index contributed by atoms with van der Waals surface area (Å²) in [5.41, 5.74) is 6.76. The normalized spacial score (nSPS) is 14.1. The molecule has 1 heterocycles. The van der Waals surface area contributed by atoms with Gasteiger partial charge in [-0.15, -0.1) is 0 Å². The van der Waals surface area contributed by atoms with Gasteiger partial charge in [0.25, 0.3) is 0 Å². The molecule has 1 aromatic heterocycles. The summed E-state index contributed by atoms with van der Waals surface area (Å²) in [6, 6.07) is 10.9. The third-order valence-corrected chi connectivity index (χ3v) is 2.86. The second-order valence-electron chi connectivity index (χ2n) is 4.65. The zero-order chi connectivity index (χ0) is 13.8. The standard InChI is InChI=1S/C15H19NO3/c1-10-6-7-14(18-10)15(11(2)16)19-13-5-3-4-12(8-13)9-17/h3-8,11,15,17H,9,16H2,1-2H3. The molecule has 0 aliphatic carbocycles. The van der Waals surface area contributed by atoms with E-state index in [1.807, 2.05) is 44.2 Å². The largest absolute Gasteiger partial charge is 0.481 e. The molecular formula is C15H19NO3. The van der Waals surface area contributed by atoms with Gasteiger partial charge in [0.15, 0.2) is 6.10 Å². The fraction of sp³-hybridized carbons (Fsp3) is 0.333. The highest BCUT2D eigenvalue weighted by Gasteiger charge is 2.21. The average Bonchev–Trinajstić information content (AvgIpc) is 2.82. The van der Waals surface area contributed by atoms with Crippen LogP contribution in [0.5, 0.6) is 5.75 Å². The molecule has 0 saturated carbocycles. The maximum Gasteiger partial charge on any atom is 0.171 e. The van der Waals surface area contributed by atoms with Crippen LogP contribution in [0.4, 0.5) is 0 Å². The molecule has 2 rings (SSSR count). The van der Waals surface area contributed by atoms with Gasteiger partial charge in [0.2, 0.25) is 0 Å². The highest BCUT2D eigenvalue weighted by atomic mass is 16.5. The number of ether oxygens (including phenoxy) is 1. The first-order chi connectivity index (χ1) is 9.10. The Balaban J connectivity index is 2.21. The van der Waals surface area contributed by atoms with E-state index in [1.165, 1.54) is 0 Å². The van der Waals surface area contributed by atoms with Crippen LogP contribution in [0, 0.1) is 6.92 Å². The zero-order valence-corrected chi connectivity index (χ0v) is 11.2. The van der Waals surface area contributed by atoms with E-state index in [1.54, 1.807) is 6.07 Å². The first kappa shape index (κ1) is 13.6. The Kier molecular flexibility index (Phi) is 4.24. The second-order valence-corrected chi connectivity index (χ2v) is 4.65. The smallest absolute Gasteiger partial charge is 0.171 e. The molecule has 0 amide bonds. The molecule has 0 saturated heterocycles. The van der Waals surface area contributed by atoms with Crippen LogP contribution in [0.15, 0.2) is 40.8 Å². The molecule has 2 unspecified atom stereocenters. The maximum atomic E-state index is 9.13. The lowest BCUT2D eigenvalue weighted by Crippen LogP contribution is -2.28. The number of hydrogen-bond donors (Lipinski definition) is 2. The lowest BCUT2D eigenvalue weighted by molar-refractivity contribution is 0.151. The zero-order valence-electron chi connectivity index (χ0n) is 11.2. The molecule has 0 bridgehead atoms. The average molecular weight is 261 g/mol. The highest BCUT2D eigenvalue weighted by molar-refractivity contribution is 5.29. The van der Waals surface area contributed by atoms with E-state index in [4.69, 9.17) is 20.0 Å². The Labute approximate surface area is 112 Å². The van der Waals surface area contributed by atoms with Gasteiger partial charge in [0.1, 0.15) is 17.3 Å². The van der Waals surface area contributed by atoms with Crippen molar-refractivity contribution in [2.75, 3.05) is 0 Å². The summed E-state index contributed by atoms with van der Waals surface area (Å²) in [5, 5.41) is 9.13. The Morgan fingerprint density at radius 1 is 1.32 bits per heavy atom. The van der Waals surface area contributed by atoms with Gasteiger partial charge >= 0.3 is 0 Å². The van der Waals surface area contributed by atoms with Crippen LogP contribution in [0.1, 0.15) is 30.1 Å². The number of aliphatic hydroxyl groups is 1. The van der Waals surface area contributed by atoms with Gasteiger partial charge in [-0.05, 0) is 43.7 Å². The van der Waals surface area contributed by atoms with Crippen LogP contribution < -0.4 is 10.5 Å². The highest BCUT2D eigenvalue weighted by Crippen LogP contribution is 2.26. The Bertz CT molecular complexity index is 534. The molecule has 1 aromatic carbocycles. The monoisotopic (exact) mass is 261 g/mol. The minimum absolute atomic E-state index is 0.0140. The van der Waals surface area contributed by atoms with Gasteiger partial charge in [-0.25, -0.2) is 0 Å². The number of aryl methyl sites for hydroxylation is 1. The van der Waals surface area contributed by atoms with Crippen LogP contribution >= 0.6 is 0 Å². The molecule has 0 aliphatic rings. The fourth-order valence-corrected chi connectivity index (χ4v) is 1.89. The molecule has 19 heavy (non-hydrogen) atoms. The molecular weight excluding hydrogens is 242 g/mol. The summed E-state index contributed by atoms with van der Waals surface area (Å²) < 4.78 is 11.5. The van der Waals surface area contributed by atoms with Gasteiger partial charge in [0.05, 0.1) is 6.61 Å². The van der Waals surface area contributed by atoms with Crippen molar-refractivity contribution >= 4 is 0 Å². The summed E-state index contributed by atoms with van der Waals surface area (Å²) in [6.45, 7) is 3.74. The molecule has 0 fully saturated rings.